The summed E-state index contributed by atoms with van der Waals surface area (Å²) in [5.41, 5.74) is 0.470. The predicted molar refractivity (Wildman–Crippen MR) is 63.8 cm³/mol. The van der Waals surface area contributed by atoms with E-state index < -0.39 is 0 Å². The summed E-state index contributed by atoms with van der Waals surface area (Å²) in [7, 11) is 0. The first kappa shape index (κ1) is 11.9. The number of aliphatic hydroxyl groups excluding tert-OH is 1. The average Bonchev–Trinajstić information content (AvgIpc) is 2.66. The zero-order valence-electron chi connectivity index (χ0n) is 10.4. The van der Waals surface area contributed by atoms with Gasteiger partial charge in [0.25, 0.3) is 0 Å². The van der Waals surface area contributed by atoms with Crippen LogP contribution in [-0.4, -0.2) is 50.2 Å². The molecule has 0 aromatic carbocycles. The fourth-order valence-electron chi connectivity index (χ4n) is 4.01. The Kier molecular flexibility index (Phi) is 3.39. The summed E-state index contributed by atoms with van der Waals surface area (Å²) in [5.74, 6) is 0.744. The molecule has 3 aliphatic rings. The molecule has 17 heavy (non-hydrogen) atoms. The fourth-order valence-corrected chi connectivity index (χ4v) is 4.01. The Labute approximate surface area is 103 Å². The van der Waals surface area contributed by atoms with Gasteiger partial charge in [0.15, 0.2) is 0 Å². The van der Waals surface area contributed by atoms with E-state index in [4.69, 9.17) is 14.6 Å². The van der Waals surface area contributed by atoms with Crippen LogP contribution in [0.3, 0.4) is 0 Å². The van der Waals surface area contributed by atoms with Crippen LogP contribution in [0, 0.1) is 11.3 Å². The molecule has 0 amide bonds. The van der Waals surface area contributed by atoms with Crippen molar-refractivity contribution in [3.63, 3.8) is 0 Å². The number of aliphatic hydroxyl groups is 1. The highest BCUT2D eigenvalue weighted by Gasteiger charge is 2.66. The molecule has 1 heterocycles. The molecule has 1 saturated heterocycles. The van der Waals surface area contributed by atoms with Gasteiger partial charge in [0, 0.05) is 30.5 Å². The van der Waals surface area contributed by atoms with Crippen LogP contribution in [0.1, 0.15) is 25.7 Å². The predicted octanol–water partition coefficient (Wildman–Crippen LogP) is 0.542. The van der Waals surface area contributed by atoms with E-state index >= 15 is 0 Å². The van der Waals surface area contributed by atoms with Gasteiger partial charge in [-0.3, -0.25) is 0 Å². The molecule has 0 bridgehead atoms. The van der Waals surface area contributed by atoms with Crippen molar-refractivity contribution in [2.45, 2.75) is 37.8 Å². The van der Waals surface area contributed by atoms with Crippen molar-refractivity contribution in [3.05, 3.63) is 0 Å². The molecule has 98 valence electrons. The van der Waals surface area contributed by atoms with Crippen molar-refractivity contribution < 1.29 is 14.6 Å². The molecule has 2 aliphatic carbocycles. The summed E-state index contributed by atoms with van der Waals surface area (Å²) < 4.78 is 11.2. The highest BCUT2D eigenvalue weighted by atomic mass is 16.5. The lowest BCUT2D eigenvalue weighted by molar-refractivity contribution is -0.176. The van der Waals surface area contributed by atoms with Gasteiger partial charge in [-0.1, -0.05) is 6.42 Å². The lowest BCUT2D eigenvalue weighted by Gasteiger charge is -2.63. The molecule has 3 unspecified atom stereocenters. The van der Waals surface area contributed by atoms with Crippen molar-refractivity contribution in [2.24, 2.45) is 11.3 Å². The Morgan fingerprint density at radius 3 is 2.94 bits per heavy atom. The summed E-state index contributed by atoms with van der Waals surface area (Å²) in [5, 5.41) is 12.3. The second-order valence-electron chi connectivity index (χ2n) is 5.60. The molecule has 0 aromatic rings. The molecule has 2 N–H and O–H groups in total. The van der Waals surface area contributed by atoms with Crippen LogP contribution in [-0.2, 0) is 9.47 Å². The van der Waals surface area contributed by atoms with E-state index in [0.29, 0.717) is 30.8 Å². The highest BCUT2D eigenvalue weighted by Crippen LogP contribution is 2.62. The van der Waals surface area contributed by atoms with Gasteiger partial charge >= 0.3 is 0 Å². The summed E-state index contributed by atoms with van der Waals surface area (Å²) in [4.78, 5) is 0. The van der Waals surface area contributed by atoms with Crippen molar-refractivity contribution in [2.75, 3.05) is 33.0 Å². The van der Waals surface area contributed by atoms with Crippen molar-refractivity contribution in [1.82, 2.24) is 5.32 Å². The Hall–Kier alpha value is -0.160. The molecular weight excluding hydrogens is 218 g/mol. The minimum absolute atomic E-state index is 0.117. The first-order valence-electron chi connectivity index (χ1n) is 6.92. The third-order valence-corrected chi connectivity index (χ3v) is 4.88. The van der Waals surface area contributed by atoms with E-state index in [0.717, 1.165) is 19.1 Å². The molecule has 4 heteroatoms. The first-order valence-corrected chi connectivity index (χ1v) is 6.92. The quantitative estimate of drug-likeness (QED) is 0.667. The topological polar surface area (TPSA) is 50.7 Å². The number of hydrogen-bond donors (Lipinski definition) is 2. The van der Waals surface area contributed by atoms with Crippen molar-refractivity contribution >= 4 is 0 Å². The third kappa shape index (κ3) is 1.82. The zero-order valence-corrected chi connectivity index (χ0v) is 10.4. The minimum Gasteiger partial charge on any atom is -0.394 e. The molecule has 3 fully saturated rings. The maximum absolute atomic E-state index is 8.62. The van der Waals surface area contributed by atoms with Crippen molar-refractivity contribution in [3.8, 4) is 0 Å². The Morgan fingerprint density at radius 2 is 2.24 bits per heavy atom. The number of hydrogen-bond acceptors (Lipinski definition) is 4. The summed E-state index contributed by atoms with van der Waals surface area (Å²) in [6, 6.07) is 0.654. The van der Waals surface area contributed by atoms with E-state index in [1.807, 2.05) is 0 Å². The molecule has 1 spiro atoms. The normalized spacial score (nSPS) is 37.6. The van der Waals surface area contributed by atoms with Gasteiger partial charge in [-0.05, 0) is 19.3 Å². The van der Waals surface area contributed by atoms with Crippen LogP contribution in [0.5, 0.6) is 0 Å². The maximum Gasteiger partial charge on any atom is 0.0698 e. The van der Waals surface area contributed by atoms with Gasteiger partial charge < -0.3 is 19.9 Å². The molecule has 2 saturated carbocycles. The van der Waals surface area contributed by atoms with Gasteiger partial charge in [0.1, 0.15) is 0 Å². The molecule has 0 aromatic heterocycles. The monoisotopic (exact) mass is 241 g/mol. The Balaban J connectivity index is 1.46. The third-order valence-electron chi connectivity index (χ3n) is 4.88. The Morgan fingerprint density at radius 1 is 1.35 bits per heavy atom. The van der Waals surface area contributed by atoms with E-state index in [-0.39, 0.29) is 6.61 Å². The minimum atomic E-state index is 0.117. The van der Waals surface area contributed by atoms with Crippen molar-refractivity contribution in [1.29, 1.82) is 0 Å². The highest BCUT2D eigenvalue weighted by molar-refractivity contribution is 5.18. The fraction of sp³-hybridized carbons (Fsp3) is 1.00. The standard InChI is InChI=1S/C13H23NO3/c15-6-9-16-8-5-14-11-10-2-7-17-12(10)13(11)3-1-4-13/h10-12,14-15H,1-9H2. The van der Waals surface area contributed by atoms with Crippen LogP contribution in [0.2, 0.25) is 0 Å². The average molecular weight is 241 g/mol. The van der Waals surface area contributed by atoms with E-state index in [2.05, 4.69) is 5.32 Å². The molecule has 1 aliphatic heterocycles. The van der Waals surface area contributed by atoms with Crippen LogP contribution in [0.25, 0.3) is 0 Å². The van der Waals surface area contributed by atoms with Gasteiger partial charge in [0.05, 0.1) is 25.9 Å². The van der Waals surface area contributed by atoms with Crippen LogP contribution >= 0.6 is 0 Å². The molecular formula is C13H23NO3. The maximum atomic E-state index is 8.62. The number of fused-ring (bicyclic) bond motifs is 2. The van der Waals surface area contributed by atoms with E-state index in [9.17, 15) is 0 Å². The SMILES string of the molecule is OCCOCCNC1C2CCOC2C12CCC2. The molecule has 3 atom stereocenters. The smallest absolute Gasteiger partial charge is 0.0698 e. The second kappa shape index (κ2) is 4.84. The second-order valence-corrected chi connectivity index (χ2v) is 5.60. The van der Waals surface area contributed by atoms with Crippen LogP contribution in [0.4, 0.5) is 0 Å². The van der Waals surface area contributed by atoms with Crippen LogP contribution < -0.4 is 5.32 Å². The first-order chi connectivity index (χ1) is 8.38. The number of rotatable bonds is 6. The Bertz CT molecular complexity index is 267. The zero-order chi connectivity index (χ0) is 11.7. The molecule has 3 rings (SSSR count). The summed E-state index contributed by atoms with van der Waals surface area (Å²) in [6.45, 7) is 3.12. The van der Waals surface area contributed by atoms with Gasteiger partial charge in [0.2, 0.25) is 0 Å². The number of ether oxygens (including phenoxy) is 2. The van der Waals surface area contributed by atoms with E-state index in [1.54, 1.807) is 0 Å². The summed E-state index contributed by atoms with van der Waals surface area (Å²) in [6.07, 6.45) is 5.81. The lowest BCUT2D eigenvalue weighted by Crippen LogP contribution is -2.71. The van der Waals surface area contributed by atoms with E-state index in [1.165, 1.54) is 25.7 Å². The largest absolute Gasteiger partial charge is 0.394 e. The van der Waals surface area contributed by atoms with Crippen LogP contribution in [0.15, 0.2) is 0 Å². The van der Waals surface area contributed by atoms with Gasteiger partial charge in [-0.25, -0.2) is 0 Å². The summed E-state index contributed by atoms with van der Waals surface area (Å²) >= 11 is 0. The van der Waals surface area contributed by atoms with Gasteiger partial charge in [-0.2, -0.15) is 0 Å². The molecule has 0 radical (unpaired) electrons. The lowest BCUT2D eigenvalue weighted by atomic mass is 9.46. The van der Waals surface area contributed by atoms with Gasteiger partial charge in [-0.15, -0.1) is 0 Å². The number of nitrogens with one attached hydrogen (secondary N) is 1. The molecule has 4 nitrogen and oxygen atoms in total.